The highest BCUT2D eigenvalue weighted by atomic mass is 32.1. The molecule has 0 fully saturated rings. The summed E-state index contributed by atoms with van der Waals surface area (Å²) >= 11 is 5.17. The molecule has 17 heavy (non-hydrogen) atoms. The van der Waals surface area contributed by atoms with E-state index in [-0.39, 0.29) is 0 Å². The molecule has 5 heteroatoms. The van der Waals surface area contributed by atoms with Crippen LogP contribution in [0.3, 0.4) is 0 Å². The smallest absolute Gasteiger partial charge is 0.176 e. The zero-order valence-electron chi connectivity index (χ0n) is 9.34. The number of hydrogen-bond donors (Lipinski definition) is 2. The highest BCUT2D eigenvalue weighted by Crippen LogP contribution is 2.10. The molecule has 2 aromatic rings. The molecule has 0 radical (unpaired) electrons. The Balaban J connectivity index is 1.98. The first-order valence-electron chi connectivity index (χ1n) is 5.15. The van der Waals surface area contributed by atoms with E-state index in [1.807, 2.05) is 31.2 Å². The quantitative estimate of drug-likeness (QED) is 0.795. The Kier molecular flexibility index (Phi) is 3.62. The van der Waals surface area contributed by atoms with E-state index in [9.17, 15) is 0 Å². The predicted molar refractivity (Wildman–Crippen MR) is 73.1 cm³/mol. The van der Waals surface area contributed by atoms with Crippen LogP contribution in [0.25, 0.3) is 0 Å². The van der Waals surface area contributed by atoms with E-state index in [2.05, 4.69) is 20.6 Å². The molecule has 0 saturated carbocycles. The van der Waals surface area contributed by atoms with Crippen LogP contribution in [-0.2, 0) is 0 Å². The van der Waals surface area contributed by atoms with Gasteiger partial charge in [0.1, 0.15) is 0 Å². The maximum atomic E-state index is 5.17. The first-order valence-corrected chi connectivity index (χ1v) is 5.55. The molecule has 0 spiro atoms. The maximum Gasteiger partial charge on any atom is 0.176 e. The van der Waals surface area contributed by atoms with Gasteiger partial charge in [-0.2, -0.15) is 0 Å². The van der Waals surface area contributed by atoms with Gasteiger partial charge in [0, 0.05) is 18.1 Å². The third-order valence-corrected chi connectivity index (χ3v) is 2.28. The van der Waals surface area contributed by atoms with Crippen molar-refractivity contribution in [3.05, 3.63) is 48.4 Å². The number of nitrogens with one attached hydrogen (secondary N) is 2. The number of aryl methyl sites for hydroxylation is 1. The normalized spacial score (nSPS) is 9.71. The molecule has 2 N–H and O–H groups in total. The number of benzene rings is 1. The van der Waals surface area contributed by atoms with Gasteiger partial charge >= 0.3 is 0 Å². The van der Waals surface area contributed by atoms with Crippen molar-refractivity contribution in [3.63, 3.8) is 0 Å². The van der Waals surface area contributed by atoms with Crippen LogP contribution in [0.2, 0.25) is 0 Å². The van der Waals surface area contributed by atoms with Crippen molar-refractivity contribution in [2.45, 2.75) is 6.92 Å². The largest absolute Gasteiger partial charge is 0.332 e. The minimum Gasteiger partial charge on any atom is -0.332 e. The molecule has 0 aliphatic rings. The molecule has 4 nitrogen and oxygen atoms in total. The summed E-state index contributed by atoms with van der Waals surface area (Å²) in [6.07, 6.45) is 4.84. The Bertz CT molecular complexity index is 513. The van der Waals surface area contributed by atoms with Crippen molar-refractivity contribution in [2.75, 3.05) is 10.6 Å². The zero-order chi connectivity index (χ0) is 12.1. The molecule has 2 rings (SSSR count). The van der Waals surface area contributed by atoms with Crippen LogP contribution >= 0.6 is 12.2 Å². The summed E-state index contributed by atoms with van der Waals surface area (Å²) in [5.41, 5.74) is 2.13. The molecular weight excluding hydrogens is 232 g/mol. The number of hydrogen-bond acceptors (Lipinski definition) is 3. The van der Waals surface area contributed by atoms with Gasteiger partial charge in [-0.1, -0.05) is 12.1 Å². The summed E-state index contributed by atoms with van der Waals surface area (Å²) in [6.45, 7) is 2.03. The molecule has 0 amide bonds. The standard InChI is InChI=1S/C12H12N4S/c1-9-3-2-4-10(7-9)15-12(17)16-11-8-13-5-6-14-11/h2-8H,1H3,(H2,14,15,16,17). The second-order valence-electron chi connectivity index (χ2n) is 3.54. The number of aromatic nitrogens is 2. The van der Waals surface area contributed by atoms with Gasteiger partial charge in [-0.25, -0.2) is 4.98 Å². The molecule has 0 bridgehead atoms. The van der Waals surface area contributed by atoms with E-state index < -0.39 is 0 Å². The summed E-state index contributed by atoms with van der Waals surface area (Å²) in [5, 5.41) is 6.54. The lowest BCUT2D eigenvalue weighted by atomic mass is 10.2. The lowest BCUT2D eigenvalue weighted by Gasteiger charge is -2.09. The summed E-state index contributed by atoms with van der Waals surface area (Å²) in [4.78, 5) is 8.02. The van der Waals surface area contributed by atoms with Crippen molar-refractivity contribution in [1.82, 2.24) is 9.97 Å². The van der Waals surface area contributed by atoms with Gasteiger partial charge in [0.25, 0.3) is 0 Å². The Morgan fingerprint density at radius 1 is 1.24 bits per heavy atom. The molecule has 0 unspecified atom stereocenters. The molecular formula is C12H12N4S. The van der Waals surface area contributed by atoms with Gasteiger partial charge in [-0.3, -0.25) is 4.98 Å². The summed E-state index contributed by atoms with van der Waals surface area (Å²) < 4.78 is 0. The van der Waals surface area contributed by atoms with Crippen molar-refractivity contribution in [3.8, 4) is 0 Å². The number of anilines is 2. The van der Waals surface area contributed by atoms with Gasteiger partial charge < -0.3 is 10.6 Å². The Morgan fingerprint density at radius 2 is 2.12 bits per heavy atom. The second-order valence-corrected chi connectivity index (χ2v) is 3.95. The van der Waals surface area contributed by atoms with Gasteiger partial charge in [0.05, 0.1) is 6.20 Å². The molecule has 86 valence electrons. The average Bonchev–Trinajstić information content (AvgIpc) is 2.30. The SMILES string of the molecule is Cc1cccc(NC(=S)Nc2cnccn2)c1. The lowest BCUT2D eigenvalue weighted by Crippen LogP contribution is -2.19. The molecule has 1 aromatic carbocycles. The molecule has 1 aromatic heterocycles. The topological polar surface area (TPSA) is 49.8 Å². The second kappa shape index (κ2) is 5.36. The van der Waals surface area contributed by atoms with Crippen LogP contribution in [0.15, 0.2) is 42.9 Å². The zero-order valence-corrected chi connectivity index (χ0v) is 10.2. The van der Waals surface area contributed by atoms with Crippen molar-refractivity contribution in [2.24, 2.45) is 0 Å². The summed E-state index contributed by atoms with van der Waals surface area (Å²) in [5.74, 6) is 0.623. The minimum atomic E-state index is 0.496. The summed E-state index contributed by atoms with van der Waals surface area (Å²) in [7, 11) is 0. The Hall–Kier alpha value is -2.01. The van der Waals surface area contributed by atoms with Crippen LogP contribution in [-0.4, -0.2) is 15.1 Å². The van der Waals surface area contributed by atoms with E-state index in [1.54, 1.807) is 18.6 Å². The van der Waals surface area contributed by atoms with Crippen LogP contribution in [0.5, 0.6) is 0 Å². The molecule has 0 atom stereocenters. The number of rotatable bonds is 2. The molecule has 0 saturated heterocycles. The van der Waals surface area contributed by atoms with E-state index in [4.69, 9.17) is 12.2 Å². The number of thiocarbonyl (C=S) groups is 1. The van der Waals surface area contributed by atoms with E-state index in [0.717, 1.165) is 5.69 Å². The van der Waals surface area contributed by atoms with Crippen LogP contribution in [0.1, 0.15) is 5.56 Å². The first kappa shape index (κ1) is 11.5. The van der Waals surface area contributed by atoms with Crippen molar-refractivity contribution >= 4 is 28.8 Å². The highest BCUT2D eigenvalue weighted by Gasteiger charge is 1.99. The van der Waals surface area contributed by atoms with Crippen LogP contribution in [0, 0.1) is 6.92 Å². The molecule has 0 aliphatic carbocycles. The summed E-state index contributed by atoms with van der Waals surface area (Å²) in [6, 6.07) is 7.98. The van der Waals surface area contributed by atoms with E-state index in [0.29, 0.717) is 10.9 Å². The fraction of sp³-hybridized carbons (Fsp3) is 0.0833. The Labute approximate surface area is 105 Å². The van der Waals surface area contributed by atoms with Gasteiger partial charge in [0.15, 0.2) is 10.9 Å². The Morgan fingerprint density at radius 3 is 2.82 bits per heavy atom. The lowest BCUT2D eigenvalue weighted by molar-refractivity contribution is 1.21. The van der Waals surface area contributed by atoms with Crippen LogP contribution in [0.4, 0.5) is 11.5 Å². The maximum absolute atomic E-state index is 5.17. The van der Waals surface area contributed by atoms with Crippen molar-refractivity contribution in [1.29, 1.82) is 0 Å². The fourth-order valence-electron chi connectivity index (χ4n) is 1.37. The molecule has 0 aliphatic heterocycles. The van der Waals surface area contributed by atoms with Gasteiger partial charge in [-0.15, -0.1) is 0 Å². The third kappa shape index (κ3) is 3.49. The first-order chi connectivity index (χ1) is 8.24. The minimum absolute atomic E-state index is 0.496. The molecule has 1 heterocycles. The van der Waals surface area contributed by atoms with E-state index in [1.165, 1.54) is 5.56 Å². The fourth-order valence-corrected chi connectivity index (χ4v) is 1.59. The van der Waals surface area contributed by atoms with Crippen molar-refractivity contribution < 1.29 is 0 Å². The van der Waals surface area contributed by atoms with Gasteiger partial charge in [0.2, 0.25) is 0 Å². The average molecular weight is 244 g/mol. The third-order valence-electron chi connectivity index (χ3n) is 2.08. The number of nitrogens with zero attached hydrogens (tertiary/aromatic N) is 2. The highest BCUT2D eigenvalue weighted by molar-refractivity contribution is 7.80. The van der Waals surface area contributed by atoms with E-state index >= 15 is 0 Å². The van der Waals surface area contributed by atoms with Crippen LogP contribution < -0.4 is 10.6 Å². The predicted octanol–water partition coefficient (Wildman–Crippen LogP) is 2.59. The van der Waals surface area contributed by atoms with Gasteiger partial charge in [-0.05, 0) is 36.8 Å². The monoisotopic (exact) mass is 244 g/mol.